The topological polar surface area (TPSA) is 61.3 Å². The molecule has 74 valence electrons. The average Bonchev–Trinajstić information content (AvgIpc) is 2.63. The average molecular weight is 192 g/mol. The molecule has 0 bridgehead atoms. The Morgan fingerprint density at radius 2 is 2.21 bits per heavy atom. The molecule has 0 spiro atoms. The molecule has 0 aliphatic heterocycles. The van der Waals surface area contributed by atoms with Crippen molar-refractivity contribution in [1.82, 2.24) is 5.16 Å². The van der Waals surface area contributed by atoms with Crippen molar-refractivity contribution in [3.63, 3.8) is 0 Å². The van der Waals surface area contributed by atoms with Gasteiger partial charge in [-0.15, -0.1) is 0 Å². The van der Waals surface area contributed by atoms with E-state index in [1.165, 1.54) is 0 Å². The highest BCUT2D eigenvalue weighted by atomic mass is 16.5. The molecule has 0 atom stereocenters. The number of ether oxygens (including phenoxy) is 1. The van der Waals surface area contributed by atoms with Gasteiger partial charge in [-0.25, -0.2) is 0 Å². The van der Waals surface area contributed by atoms with Gasteiger partial charge >= 0.3 is 0 Å². The van der Waals surface area contributed by atoms with Crippen molar-refractivity contribution < 1.29 is 9.26 Å². The molecule has 0 saturated carbocycles. The summed E-state index contributed by atoms with van der Waals surface area (Å²) in [7, 11) is 0. The van der Waals surface area contributed by atoms with E-state index in [1.807, 2.05) is 24.3 Å². The Morgan fingerprint density at radius 3 is 3.07 bits per heavy atom. The Kier molecular flexibility index (Phi) is 2.65. The van der Waals surface area contributed by atoms with E-state index in [1.54, 1.807) is 0 Å². The smallest absolute Gasteiger partial charge is 0.262 e. The van der Waals surface area contributed by atoms with Gasteiger partial charge < -0.3 is 15.0 Å². The molecule has 0 unspecified atom stereocenters. The third-order valence-electron chi connectivity index (χ3n) is 1.93. The van der Waals surface area contributed by atoms with E-state index >= 15 is 0 Å². The molecule has 2 aromatic rings. The van der Waals surface area contributed by atoms with E-state index in [2.05, 4.69) is 5.16 Å². The minimum atomic E-state index is 0.550. The van der Waals surface area contributed by atoms with E-state index in [0.717, 1.165) is 17.4 Å². The second kappa shape index (κ2) is 4.11. The van der Waals surface area contributed by atoms with E-state index < -0.39 is 0 Å². The highest BCUT2D eigenvalue weighted by Gasteiger charge is 2.07. The van der Waals surface area contributed by atoms with Gasteiger partial charge in [0.1, 0.15) is 0 Å². The van der Waals surface area contributed by atoms with Crippen LogP contribution in [0.3, 0.4) is 0 Å². The van der Waals surface area contributed by atoms with Gasteiger partial charge in [-0.2, -0.15) is 0 Å². The first-order valence-corrected chi connectivity index (χ1v) is 4.59. The maximum atomic E-state index is 5.41. The SMILES string of the molecule is NCCCOc1noc2ccccc12. The zero-order valence-corrected chi connectivity index (χ0v) is 7.77. The van der Waals surface area contributed by atoms with E-state index in [4.69, 9.17) is 15.0 Å². The molecule has 0 aliphatic carbocycles. The van der Waals surface area contributed by atoms with Gasteiger partial charge in [-0.1, -0.05) is 12.1 Å². The van der Waals surface area contributed by atoms with Crippen LogP contribution in [0.4, 0.5) is 0 Å². The van der Waals surface area contributed by atoms with E-state index in [-0.39, 0.29) is 0 Å². The Hall–Kier alpha value is -1.55. The maximum absolute atomic E-state index is 5.41. The summed E-state index contributed by atoms with van der Waals surface area (Å²) in [4.78, 5) is 0. The molecule has 0 saturated heterocycles. The van der Waals surface area contributed by atoms with Crippen LogP contribution in [0.5, 0.6) is 5.88 Å². The number of benzene rings is 1. The predicted octanol–water partition coefficient (Wildman–Crippen LogP) is 1.56. The Morgan fingerprint density at radius 1 is 1.36 bits per heavy atom. The van der Waals surface area contributed by atoms with Crippen LogP contribution in [-0.4, -0.2) is 18.3 Å². The van der Waals surface area contributed by atoms with Gasteiger partial charge in [0.05, 0.1) is 12.0 Å². The standard InChI is InChI=1S/C10H12N2O2/c11-6-3-7-13-10-8-4-1-2-5-9(8)14-12-10/h1-2,4-5H,3,6-7,11H2. The number of nitrogens with two attached hydrogens (primary N) is 1. The van der Waals surface area contributed by atoms with Crippen LogP contribution in [0, 0.1) is 0 Å². The predicted molar refractivity (Wildman–Crippen MR) is 53.2 cm³/mol. The fourth-order valence-corrected chi connectivity index (χ4v) is 1.22. The fraction of sp³-hybridized carbons (Fsp3) is 0.300. The first-order valence-electron chi connectivity index (χ1n) is 4.59. The molecule has 4 heteroatoms. The summed E-state index contributed by atoms with van der Waals surface area (Å²) in [6.45, 7) is 1.20. The molecular weight excluding hydrogens is 180 g/mol. The number of aromatic nitrogens is 1. The lowest BCUT2D eigenvalue weighted by molar-refractivity contribution is 0.282. The molecule has 1 aromatic heterocycles. The first kappa shape index (κ1) is 9.02. The normalized spacial score (nSPS) is 10.6. The number of para-hydroxylation sites is 1. The Balaban J connectivity index is 2.17. The molecule has 14 heavy (non-hydrogen) atoms. The molecule has 0 fully saturated rings. The number of nitrogens with zero attached hydrogens (tertiary/aromatic N) is 1. The summed E-state index contributed by atoms with van der Waals surface area (Å²) in [6, 6.07) is 7.61. The molecule has 2 rings (SSSR count). The lowest BCUT2D eigenvalue weighted by atomic mass is 10.3. The van der Waals surface area contributed by atoms with Gasteiger partial charge in [0, 0.05) is 0 Å². The van der Waals surface area contributed by atoms with Gasteiger partial charge in [-0.3, -0.25) is 0 Å². The molecule has 2 N–H and O–H groups in total. The zero-order valence-electron chi connectivity index (χ0n) is 7.77. The molecule has 0 radical (unpaired) electrons. The molecule has 1 heterocycles. The molecule has 4 nitrogen and oxygen atoms in total. The summed E-state index contributed by atoms with van der Waals surface area (Å²) in [5.74, 6) is 0.550. The van der Waals surface area contributed by atoms with Crippen LogP contribution in [0.15, 0.2) is 28.8 Å². The maximum Gasteiger partial charge on any atom is 0.262 e. The minimum Gasteiger partial charge on any atom is -0.475 e. The van der Waals surface area contributed by atoms with Crippen molar-refractivity contribution in [3.8, 4) is 5.88 Å². The summed E-state index contributed by atoms with van der Waals surface area (Å²) >= 11 is 0. The van der Waals surface area contributed by atoms with Crippen LogP contribution < -0.4 is 10.5 Å². The summed E-state index contributed by atoms with van der Waals surface area (Å²) in [6.07, 6.45) is 0.821. The number of rotatable bonds is 4. The molecular formula is C10H12N2O2. The van der Waals surface area contributed by atoms with Crippen molar-refractivity contribution >= 4 is 11.0 Å². The van der Waals surface area contributed by atoms with Crippen molar-refractivity contribution in [2.75, 3.05) is 13.2 Å². The summed E-state index contributed by atoms with van der Waals surface area (Å²) < 4.78 is 10.5. The van der Waals surface area contributed by atoms with E-state index in [9.17, 15) is 0 Å². The minimum absolute atomic E-state index is 0.550. The van der Waals surface area contributed by atoms with Crippen LogP contribution >= 0.6 is 0 Å². The summed E-state index contributed by atoms with van der Waals surface area (Å²) in [5.41, 5.74) is 6.10. The van der Waals surface area contributed by atoms with E-state index in [0.29, 0.717) is 19.0 Å². The zero-order chi connectivity index (χ0) is 9.80. The lowest BCUT2D eigenvalue weighted by Gasteiger charge is -1.99. The largest absolute Gasteiger partial charge is 0.475 e. The van der Waals surface area contributed by atoms with Gasteiger partial charge in [-0.05, 0) is 30.3 Å². The first-order chi connectivity index (χ1) is 6.92. The quantitative estimate of drug-likeness (QED) is 0.746. The van der Waals surface area contributed by atoms with Crippen LogP contribution in [-0.2, 0) is 0 Å². The highest BCUT2D eigenvalue weighted by molar-refractivity contribution is 5.81. The monoisotopic (exact) mass is 192 g/mol. The van der Waals surface area contributed by atoms with Crippen molar-refractivity contribution in [2.45, 2.75) is 6.42 Å². The highest BCUT2D eigenvalue weighted by Crippen LogP contribution is 2.23. The van der Waals surface area contributed by atoms with Gasteiger partial charge in [0.15, 0.2) is 5.58 Å². The third-order valence-corrected chi connectivity index (χ3v) is 1.93. The second-order valence-corrected chi connectivity index (χ2v) is 2.97. The van der Waals surface area contributed by atoms with Crippen molar-refractivity contribution in [1.29, 1.82) is 0 Å². The summed E-state index contributed by atoms with van der Waals surface area (Å²) in [5, 5.41) is 4.74. The second-order valence-electron chi connectivity index (χ2n) is 2.97. The Labute approximate surface area is 81.6 Å². The molecule has 0 aliphatic rings. The van der Waals surface area contributed by atoms with Gasteiger partial charge in [0.25, 0.3) is 5.88 Å². The Bertz CT molecular complexity index is 411. The number of fused-ring (bicyclic) bond motifs is 1. The number of hydrogen-bond acceptors (Lipinski definition) is 4. The molecule has 1 aromatic carbocycles. The fourth-order valence-electron chi connectivity index (χ4n) is 1.22. The van der Waals surface area contributed by atoms with Crippen molar-refractivity contribution in [2.24, 2.45) is 5.73 Å². The van der Waals surface area contributed by atoms with Gasteiger partial charge in [0.2, 0.25) is 0 Å². The molecule has 0 amide bonds. The third kappa shape index (κ3) is 1.70. The van der Waals surface area contributed by atoms with Crippen LogP contribution in [0.2, 0.25) is 0 Å². The van der Waals surface area contributed by atoms with Crippen LogP contribution in [0.1, 0.15) is 6.42 Å². The van der Waals surface area contributed by atoms with Crippen LogP contribution in [0.25, 0.3) is 11.0 Å². The number of hydrogen-bond donors (Lipinski definition) is 1. The van der Waals surface area contributed by atoms with Crippen molar-refractivity contribution in [3.05, 3.63) is 24.3 Å². The lowest BCUT2D eigenvalue weighted by Crippen LogP contribution is -2.06.